The summed E-state index contributed by atoms with van der Waals surface area (Å²) in [5, 5.41) is 0. The monoisotopic (exact) mass is 358 g/mol. The summed E-state index contributed by atoms with van der Waals surface area (Å²) in [6.45, 7) is 0. The molecule has 0 heterocycles. The lowest BCUT2D eigenvalue weighted by Crippen LogP contribution is -1.87. The van der Waals surface area contributed by atoms with E-state index in [0.29, 0.717) is 0 Å². The van der Waals surface area contributed by atoms with Crippen molar-refractivity contribution in [2.24, 2.45) is 0 Å². The highest BCUT2D eigenvalue weighted by Crippen LogP contribution is 2.20. The summed E-state index contributed by atoms with van der Waals surface area (Å²) in [4.78, 5) is 0. The second-order valence-electron chi connectivity index (χ2n) is 2.54. The van der Waals surface area contributed by atoms with E-state index in [2.05, 4.69) is 56.7 Å². The highest BCUT2D eigenvalue weighted by molar-refractivity contribution is 14.1. The first-order valence-corrected chi connectivity index (χ1v) is 6.14. The third-order valence-electron chi connectivity index (χ3n) is 1.58. The van der Waals surface area contributed by atoms with E-state index >= 15 is 0 Å². The zero-order chi connectivity index (χ0) is 8.97. The third-order valence-corrected chi connectivity index (χ3v) is 4.19. The molecule has 12 heavy (non-hydrogen) atoms. The van der Waals surface area contributed by atoms with Gasteiger partial charge in [-0.25, -0.2) is 0 Å². The van der Waals surface area contributed by atoms with Gasteiger partial charge in [0, 0.05) is 13.9 Å². The van der Waals surface area contributed by atoms with E-state index in [-0.39, 0.29) is 0 Å². The van der Waals surface area contributed by atoms with Crippen molar-refractivity contribution in [3.63, 3.8) is 0 Å². The average molecular weight is 359 g/mol. The van der Waals surface area contributed by atoms with Gasteiger partial charge in [-0.2, -0.15) is 0 Å². The number of aryl methyl sites for hydroxylation is 1. The molecular formula is C9H9BrClI. The van der Waals surface area contributed by atoms with Crippen LogP contribution in [0.15, 0.2) is 22.7 Å². The van der Waals surface area contributed by atoms with E-state index in [0.717, 1.165) is 18.7 Å². The minimum Gasteiger partial charge on any atom is -0.127 e. The van der Waals surface area contributed by atoms with Crippen molar-refractivity contribution in [3.8, 4) is 0 Å². The molecule has 0 nitrogen and oxygen atoms in total. The molecule has 0 saturated carbocycles. The van der Waals surface area contributed by atoms with Crippen LogP contribution in [-0.2, 0) is 6.42 Å². The minimum absolute atomic E-state index is 0.740. The molecule has 1 rings (SSSR count). The van der Waals surface area contributed by atoms with Crippen LogP contribution in [0.1, 0.15) is 12.0 Å². The highest BCUT2D eigenvalue weighted by atomic mass is 127. The summed E-state index contributed by atoms with van der Waals surface area (Å²) < 4.78 is 2.43. The fourth-order valence-electron chi connectivity index (χ4n) is 0.966. The minimum atomic E-state index is 0.740. The van der Waals surface area contributed by atoms with E-state index < -0.39 is 0 Å². The highest BCUT2D eigenvalue weighted by Gasteiger charge is 1.97. The first kappa shape index (κ1) is 10.8. The molecule has 0 atom stereocenters. The van der Waals surface area contributed by atoms with Crippen LogP contribution in [0.2, 0.25) is 0 Å². The summed E-state index contributed by atoms with van der Waals surface area (Å²) >= 11 is 11.4. The zero-order valence-electron chi connectivity index (χ0n) is 6.49. The van der Waals surface area contributed by atoms with Crippen molar-refractivity contribution in [2.45, 2.75) is 12.8 Å². The molecule has 0 spiro atoms. The summed E-state index contributed by atoms with van der Waals surface area (Å²) in [5.41, 5.74) is 1.35. The van der Waals surface area contributed by atoms with Gasteiger partial charge in [-0.1, -0.05) is 6.07 Å². The topological polar surface area (TPSA) is 0 Å². The predicted molar refractivity (Wildman–Crippen MR) is 65.9 cm³/mol. The van der Waals surface area contributed by atoms with Crippen LogP contribution in [0.3, 0.4) is 0 Å². The number of halogens is 3. The van der Waals surface area contributed by atoms with E-state index in [4.69, 9.17) is 11.6 Å². The van der Waals surface area contributed by atoms with E-state index in [1.165, 1.54) is 13.6 Å². The zero-order valence-corrected chi connectivity index (χ0v) is 11.0. The first-order chi connectivity index (χ1) is 5.74. The maximum atomic E-state index is 5.61. The van der Waals surface area contributed by atoms with Crippen molar-refractivity contribution in [1.29, 1.82) is 0 Å². The number of benzene rings is 1. The summed E-state index contributed by atoms with van der Waals surface area (Å²) in [5.74, 6) is 0.740. The van der Waals surface area contributed by atoms with Crippen molar-refractivity contribution >= 4 is 50.1 Å². The number of hydrogen-bond donors (Lipinski definition) is 0. The maximum Gasteiger partial charge on any atom is 0.0311 e. The van der Waals surface area contributed by atoms with Crippen molar-refractivity contribution in [2.75, 3.05) is 5.88 Å². The van der Waals surface area contributed by atoms with Crippen LogP contribution in [0.5, 0.6) is 0 Å². The van der Waals surface area contributed by atoms with Gasteiger partial charge in [-0.15, -0.1) is 11.6 Å². The molecule has 0 fully saturated rings. The lowest BCUT2D eigenvalue weighted by molar-refractivity contribution is 0.927. The molecule has 0 amide bonds. The second-order valence-corrected chi connectivity index (χ2v) is 4.94. The van der Waals surface area contributed by atoms with Gasteiger partial charge in [-0.3, -0.25) is 0 Å². The third kappa shape index (κ3) is 3.23. The van der Waals surface area contributed by atoms with Gasteiger partial charge in [-0.05, 0) is 69.1 Å². The molecule has 0 radical (unpaired) electrons. The average Bonchev–Trinajstić information content (AvgIpc) is 2.07. The molecule has 0 aliphatic rings. The van der Waals surface area contributed by atoms with Gasteiger partial charge >= 0.3 is 0 Å². The Hall–Kier alpha value is 0.720. The molecule has 66 valence electrons. The van der Waals surface area contributed by atoms with Crippen LogP contribution < -0.4 is 0 Å². The smallest absolute Gasteiger partial charge is 0.0311 e. The van der Waals surface area contributed by atoms with Crippen LogP contribution >= 0.6 is 50.1 Å². The van der Waals surface area contributed by atoms with Gasteiger partial charge in [0.05, 0.1) is 0 Å². The molecule has 0 unspecified atom stereocenters. The van der Waals surface area contributed by atoms with Crippen molar-refractivity contribution in [1.82, 2.24) is 0 Å². The lowest BCUT2D eigenvalue weighted by atomic mass is 10.1. The molecule has 1 aromatic carbocycles. The van der Waals surface area contributed by atoms with Crippen molar-refractivity contribution < 1.29 is 0 Å². The quantitative estimate of drug-likeness (QED) is 0.560. The SMILES string of the molecule is ClCCCc1ccc(I)c(Br)c1. The Balaban J connectivity index is 2.69. The van der Waals surface area contributed by atoms with Crippen molar-refractivity contribution in [3.05, 3.63) is 31.8 Å². The largest absolute Gasteiger partial charge is 0.127 e. The number of alkyl halides is 1. The lowest BCUT2D eigenvalue weighted by Gasteiger charge is -2.01. The molecule has 0 bridgehead atoms. The standard InChI is InChI=1S/C9H9BrClI/c10-8-6-7(2-1-5-11)3-4-9(8)12/h3-4,6H,1-2,5H2. The molecule has 0 aliphatic heterocycles. The number of hydrogen-bond acceptors (Lipinski definition) is 0. The Morgan fingerprint density at radius 3 is 2.75 bits per heavy atom. The fourth-order valence-corrected chi connectivity index (χ4v) is 1.86. The Morgan fingerprint density at radius 2 is 2.17 bits per heavy atom. The van der Waals surface area contributed by atoms with E-state index in [9.17, 15) is 0 Å². The summed E-state index contributed by atoms with van der Waals surface area (Å²) in [7, 11) is 0. The molecule has 1 aromatic rings. The van der Waals surface area contributed by atoms with Gasteiger partial charge in [0.15, 0.2) is 0 Å². The van der Waals surface area contributed by atoms with E-state index in [1.54, 1.807) is 0 Å². The fraction of sp³-hybridized carbons (Fsp3) is 0.333. The first-order valence-electron chi connectivity index (χ1n) is 3.74. The Bertz CT molecular complexity index is 263. The Morgan fingerprint density at radius 1 is 1.42 bits per heavy atom. The molecule has 0 saturated heterocycles. The van der Waals surface area contributed by atoms with Crippen LogP contribution in [-0.4, -0.2) is 5.88 Å². The number of rotatable bonds is 3. The maximum absolute atomic E-state index is 5.61. The van der Waals surface area contributed by atoms with Crippen LogP contribution in [0, 0.1) is 3.57 Å². The van der Waals surface area contributed by atoms with Gasteiger partial charge < -0.3 is 0 Å². The van der Waals surface area contributed by atoms with Gasteiger partial charge in [0.25, 0.3) is 0 Å². The molecule has 0 aliphatic carbocycles. The normalized spacial score (nSPS) is 10.2. The molecular weight excluding hydrogens is 350 g/mol. The van der Waals surface area contributed by atoms with Crippen LogP contribution in [0.25, 0.3) is 0 Å². The summed E-state index contributed by atoms with van der Waals surface area (Å²) in [6.07, 6.45) is 2.12. The second kappa shape index (κ2) is 5.45. The Labute approximate surface area is 100.0 Å². The van der Waals surface area contributed by atoms with Gasteiger partial charge in [0.1, 0.15) is 0 Å². The predicted octanol–water partition coefficient (Wildman–Crippen LogP) is 4.23. The Kier molecular flexibility index (Phi) is 4.90. The van der Waals surface area contributed by atoms with Gasteiger partial charge in [0.2, 0.25) is 0 Å². The van der Waals surface area contributed by atoms with Crippen LogP contribution in [0.4, 0.5) is 0 Å². The molecule has 0 aromatic heterocycles. The molecule has 3 heteroatoms. The summed E-state index contributed by atoms with van der Waals surface area (Å²) in [6, 6.07) is 6.43. The molecule has 0 N–H and O–H groups in total. The van der Waals surface area contributed by atoms with E-state index in [1.807, 2.05) is 0 Å².